The first kappa shape index (κ1) is 18.5. The molecule has 3 aromatic rings. The van der Waals surface area contributed by atoms with Gasteiger partial charge in [-0.1, -0.05) is 29.3 Å². The molecule has 26 heavy (non-hydrogen) atoms. The van der Waals surface area contributed by atoms with E-state index in [4.69, 9.17) is 16.3 Å². The van der Waals surface area contributed by atoms with Gasteiger partial charge in [-0.15, -0.1) is 11.8 Å². The van der Waals surface area contributed by atoms with Gasteiger partial charge >= 0.3 is 5.97 Å². The molecule has 7 heteroatoms. The minimum atomic E-state index is -0.354. The van der Waals surface area contributed by atoms with Crippen LogP contribution >= 0.6 is 23.4 Å². The average molecular weight is 389 g/mol. The van der Waals surface area contributed by atoms with Crippen LogP contribution in [0.15, 0.2) is 52.3 Å². The fourth-order valence-electron chi connectivity index (χ4n) is 2.49. The number of benzene rings is 1. The highest BCUT2D eigenvalue weighted by atomic mass is 35.5. The fourth-order valence-corrected chi connectivity index (χ4v) is 3.46. The van der Waals surface area contributed by atoms with Gasteiger partial charge in [0.2, 0.25) is 0 Å². The minimum absolute atomic E-state index is 0.0410. The highest BCUT2D eigenvalue weighted by Gasteiger charge is 2.09. The number of nitrogens with zero attached hydrogens (tertiary/aromatic N) is 2. The molecule has 134 valence electrons. The lowest BCUT2D eigenvalue weighted by Crippen LogP contribution is -2.17. The second-order valence-electron chi connectivity index (χ2n) is 5.88. The number of hydrogen-bond acceptors (Lipinski definition) is 5. The number of aryl methyl sites for hydroxylation is 2. The number of carbonyl (C=O) groups is 1. The standard InChI is InChI=1S/C19H17ClN2O3S/c1-12-3-5-16(13(2)7-12)26-11-19(24)25-10-15-8-18(23)22-9-14(20)4-6-17(22)21-15/h3-9H,10-11H2,1-2H3. The molecule has 2 aromatic heterocycles. The maximum atomic E-state index is 12.1. The number of carbonyl (C=O) groups excluding carboxylic acids is 1. The molecule has 0 amide bonds. The van der Waals surface area contributed by atoms with Crippen molar-refractivity contribution in [3.05, 3.63) is 74.8 Å². The lowest BCUT2D eigenvalue weighted by Gasteiger charge is -2.08. The molecule has 0 aliphatic heterocycles. The van der Waals surface area contributed by atoms with Gasteiger partial charge < -0.3 is 4.74 Å². The average Bonchev–Trinajstić information content (AvgIpc) is 2.60. The SMILES string of the molecule is Cc1ccc(SCC(=O)OCc2cc(=O)n3cc(Cl)ccc3n2)c(C)c1. The number of esters is 1. The van der Waals surface area contributed by atoms with E-state index in [1.807, 2.05) is 26.0 Å². The van der Waals surface area contributed by atoms with Crippen LogP contribution in [0.25, 0.3) is 5.65 Å². The molecular formula is C19H17ClN2O3S. The number of halogens is 1. The Balaban J connectivity index is 1.61. The third-order valence-corrected chi connectivity index (χ3v) is 5.11. The van der Waals surface area contributed by atoms with Crippen molar-refractivity contribution in [2.75, 3.05) is 5.75 Å². The van der Waals surface area contributed by atoms with Crippen LogP contribution in [0.5, 0.6) is 0 Å². The lowest BCUT2D eigenvalue weighted by atomic mass is 10.2. The molecule has 0 radical (unpaired) electrons. The van der Waals surface area contributed by atoms with Gasteiger partial charge in [0, 0.05) is 17.2 Å². The van der Waals surface area contributed by atoms with E-state index in [2.05, 4.69) is 11.1 Å². The highest BCUT2D eigenvalue weighted by molar-refractivity contribution is 8.00. The first-order valence-corrected chi connectivity index (χ1v) is 9.32. The minimum Gasteiger partial charge on any atom is -0.459 e. The van der Waals surface area contributed by atoms with E-state index >= 15 is 0 Å². The summed E-state index contributed by atoms with van der Waals surface area (Å²) in [6.07, 6.45) is 1.50. The molecule has 0 aliphatic carbocycles. The van der Waals surface area contributed by atoms with Crippen molar-refractivity contribution in [2.24, 2.45) is 0 Å². The quantitative estimate of drug-likeness (QED) is 0.491. The van der Waals surface area contributed by atoms with E-state index < -0.39 is 0 Å². The Hall–Kier alpha value is -2.31. The molecular weight excluding hydrogens is 372 g/mol. The summed E-state index contributed by atoms with van der Waals surface area (Å²) in [4.78, 5) is 29.4. The van der Waals surface area contributed by atoms with E-state index in [1.54, 1.807) is 12.1 Å². The Bertz CT molecular complexity index is 1030. The van der Waals surface area contributed by atoms with Crippen LogP contribution in [0.3, 0.4) is 0 Å². The second-order valence-corrected chi connectivity index (χ2v) is 7.33. The Morgan fingerprint density at radius 1 is 1.23 bits per heavy atom. The zero-order valence-electron chi connectivity index (χ0n) is 14.4. The maximum Gasteiger partial charge on any atom is 0.316 e. The summed E-state index contributed by atoms with van der Waals surface area (Å²) in [6, 6.07) is 10.7. The lowest BCUT2D eigenvalue weighted by molar-refractivity contribution is -0.141. The van der Waals surface area contributed by atoms with Gasteiger partial charge in [0.05, 0.1) is 16.5 Å². The maximum absolute atomic E-state index is 12.1. The van der Waals surface area contributed by atoms with Crippen molar-refractivity contribution in [3.63, 3.8) is 0 Å². The Morgan fingerprint density at radius 3 is 2.81 bits per heavy atom. The Morgan fingerprint density at radius 2 is 2.04 bits per heavy atom. The molecule has 0 fully saturated rings. The number of fused-ring (bicyclic) bond motifs is 1. The number of aromatic nitrogens is 2. The van der Waals surface area contributed by atoms with Gasteiger partial charge in [0.15, 0.2) is 0 Å². The van der Waals surface area contributed by atoms with Gasteiger partial charge in [-0.2, -0.15) is 0 Å². The van der Waals surface area contributed by atoms with Crippen molar-refractivity contribution in [3.8, 4) is 0 Å². The third-order valence-electron chi connectivity index (χ3n) is 3.73. The van der Waals surface area contributed by atoms with Crippen LogP contribution in [0, 0.1) is 13.8 Å². The summed E-state index contributed by atoms with van der Waals surface area (Å²) in [6.45, 7) is 4.00. The molecule has 0 aliphatic rings. The summed E-state index contributed by atoms with van der Waals surface area (Å²) in [5, 5.41) is 0.448. The normalized spacial score (nSPS) is 10.9. The number of ether oxygens (including phenoxy) is 1. The number of pyridine rings is 1. The van der Waals surface area contributed by atoms with Gasteiger partial charge in [-0.25, -0.2) is 4.98 Å². The summed E-state index contributed by atoms with van der Waals surface area (Å²) in [7, 11) is 0. The van der Waals surface area contributed by atoms with Crippen LogP contribution < -0.4 is 5.56 Å². The number of hydrogen-bond donors (Lipinski definition) is 0. The smallest absolute Gasteiger partial charge is 0.316 e. The fraction of sp³-hybridized carbons (Fsp3) is 0.211. The largest absolute Gasteiger partial charge is 0.459 e. The molecule has 0 saturated heterocycles. The van der Waals surface area contributed by atoms with Gasteiger partial charge in [-0.3, -0.25) is 14.0 Å². The first-order valence-electron chi connectivity index (χ1n) is 7.96. The van der Waals surface area contributed by atoms with Crippen LogP contribution in [-0.4, -0.2) is 21.1 Å². The van der Waals surface area contributed by atoms with E-state index in [9.17, 15) is 9.59 Å². The molecule has 0 bridgehead atoms. The predicted molar refractivity (Wildman–Crippen MR) is 103 cm³/mol. The van der Waals surface area contributed by atoms with E-state index in [0.29, 0.717) is 16.4 Å². The monoisotopic (exact) mass is 388 g/mol. The molecule has 3 rings (SSSR count). The first-order chi connectivity index (χ1) is 12.4. The van der Waals surface area contributed by atoms with Crippen molar-refractivity contribution < 1.29 is 9.53 Å². The molecule has 0 N–H and O–H groups in total. The van der Waals surface area contributed by atoms with Crippen LogP contribution in [-0.2, 0) is 16.1 Å². The van der Waals surface area contributed by atoms with Crippen molar-refractivity contribution in [1.29, 1.82) is 0 Å². The zero-order chi connectivity index (χ0) is 18.7. The van der Waals surface area contributed by atoms with Crippen LogP contribution in [0.1, 0.15) is 16.8 Å². The molecule has 0 atom stereocenters. The van der Waals surface area contributed by atoms with E-state index in [-0.39, 0.29) is 23.9 Å². The van der Waals surface area contributed by atoms with Gasteiger partial charge in [0.1, 0.15) is 12.3 Å². The predicted octanol–water partition coefficient (Wildman–Crippen LogP) is 3.80. The molecule has 2 heterocycles. The molecule has 5 nitrogen and oxygen atoms in total. The van der Waals surface area contributed by atoms with Crippen molar-refractivity contribution in [2.45, 2.75) is 25.3 Å². The van der Waals surface area contributed by atoms with Gasteiger partial charge in [-0.05, 0) is 37.6 Å². The summed E-state index contributed by atoms with van der Waals surface area (Å²) in [5.41, 5.74) is 2.91. The molecule has 0 spiro atoms. The van der Waals surface area contributed by atoms with Crippen molar-refractivity contribution >= 4 is 35.0 Å². The van der Waals surface area contributed by atoms with Gasteiger partial charge in [0.25, 0.3) is 5.56 Å². The van der Waals surface area contributed by atoms with Crippen molar-refractivity contribution in [1.82, 2.24) is 9.38 Å². The number of thioether (sulfide) groups is 1. The third kappa shape index (κ3) is 4.45. The van der Waals surface area contributed by atoms with Crippen LogP contribution in [0.4, 0.5) is 0 Å². The Labute approximate surface area is 160 Å². The highest BCUT2D eigenvalue weighted by Crippen LogP contribution is 2.23. The summed E-state index contributed by atoms with van der Waals surface area (Å²) in [5.74, 6) is -0.153. The molecule has 0 saturated carbocycles. The second kappa shape index (κ2) is 7.93. The van der Waals surface area contributed by atoms with E-state index in [0.717, 1.165) is 10.5 Å². The van der Waals surface area contributed by atoms with Crippen LogP contribution in [0.2, 0.25) is 5.02 Å². The zero-order valence-corrected chi connectivity index (χ0v) is 15.9. The topological polar surface area (TPSA) is 60.7 Å². The summed E-state index contributed by atoms with van der Waals surface area (Å²) >= 11 is 7.31. The number of rotatable bonds is 5. The summed E-state index contributed by atoms with van der Waals surface area (Å²) < 4.78 is 6.60. The molecule has 1 aromatic carbocycles. The Kier molecular flexibility index (Phi) is 5.64. The van der Waals surface area contributed by atoms with E-state index in [1.165, 1.54) is 34.0 Å². The molecule has 0 unspecified atom stereocenters.